The van der Waals surface area contributed by atoms with E-state index >= 15 is 0 Å². The van der Waals surface area contributed by atoms with E-state index in [1.54, 1.807) is 30.5 Å². The zero-order chi connectivity index (χ0) is 14.3. The van der Waals surface area contributed by atoms with Crippen LogP contribution in [-0.4, -0.2) is 29.6 Å². The molecule has 7 heteroatoms. The Morgan fingerprint density at radius 3 is 2.70 bits per heavy atom. The van der Waals surface area contributed by atoms with Crippen LogP contribution >= 0.6 is 15.9 Å². The summed E-state index contributed by atoms with van der Waals surface area (Å²) < 4.78 is 24.4. The Kier molecular flexibility index (Phi) is 3.10. The maximum Gasteiger partial charge on any atom is 0.177 e. The molecule has 5 nitrogen and oxygen atoms in total. The summed E-state index contributed by atoms with van der Waals surface area (Å²) in [6, 6.07) is 8.69. The van der Waals surface area contributed by atoms with E-state index in [0.29, 0.717) is 22.6 Å². The van der Waals surface area contributed by atoms with Crippen LogP contribution in [0.4, 0.5) is 0 Å². The minimum absolute atomic E-state index is 0.213. The maximum atomic E-state index is 11.8. The Bertz CT molecular complexity index is 903. The Morgan fingerprint density at radius 1 is 1.20 bits per heavy atom. The number of sulfone groups is 1. The molecule has 0 spiro atoms. The van der Waals surface area contributed by atoms with Crippen molar-refractivity contribution in [1.82, 2.24) is 15.0 Å². The molecule has 2 aromatic heterocycles. The average molecular weight is 352 g/mol. The summed E-state index contributed by atoms with van der Waals surface area (Å²) in [5.41, 5.74) is 1.74. The molecule has 0 radical (unpaired) electrons. The minimum atomic E-state index is -3.32. The van der Waals surface area contributed by atoms with Gasteiger partial charge in [0.2, 0.25) is 0 Å². The summed E-state index contributed by atoms with van der Waals surface area (Å²) in [6.45, 7) is 0. The van der Waals surface area contributed by atoms with Crippen LogP contribution in [0.3, 0.4) is 0 Å². The van der Waals surface area contributed by atoms with E-state index in [1.165, 1.54) is 6.26 Å². The number of H-pyrrole nitrogens is 1. The normalized spacial score (nSPS) is 11.9. The number of nitrogens with one attached hydrogen (secondary N) is 1. The third-order valence-electron chi connectivity index (χ3n) is 2.86. The Morgan fingerprint density at radius 2 is 2.00 bits per heavy atom. The molecule has 0 saturated heterocycles. The fraction of sp³-hybridized carbons (Fsp3) is 0.0769. The first kappa shape index (κ1) is 13.3. The summed E-state index contributed by atoms with van der Waals surface area (Å²) in [5, 5.41) is 0. The van der Waals surface area contributed by atoms with Crippen molar-refractivity contribution in [3.05, 3.63) is 41.0 Å². The average Bonchev–Trinajstić information content (AvgIpc) is 2.81. The standard InChI is InChI=1S/C13H10BrN3O2S/c1-20(18,19)10-6-2-5-9-12(10)17-13(16-9)11-8(14)4-3-7-15-11/h2-7H,1H3,(H,16,17). The highest BCUT2D eigenvalue weighted by atomic mass is 79.9. The van der Waals surface area contributed by atoms with Crippen LogP contribution in [0.5, 0.6) is 0 Å². The van der Waals surface area contributed by atoms with Crippen molar-refractivity contribution in [3.8, 4) is 11.5 Å². The number of para-hydroxylation sites is 1. The van der Waals surface area contributed by atoms with Crippen molar-refractivity contribution in [1.29, 1.82) is 0 Å². The van der Waals surface area contributed by atoms with E-state index in [4.69, 9.17) is 0 Å². The SMILES string of the molecule is CS(=O)(=O)c1cccc2[nH]c(-c3ncccc3Br)nc12. The predicted molar refractivity (Wildman–Crippen MR) is 80.1 cm³/mol. The van der Waals surface area contributed by atoms with Crippen molar-refractivity contribution in [2.45, 2.75) is 4.90 Å². The molecule has 3 aromatic rings. The number of hydrogen-bond acceptors (Lipinski definition) is 4. The summed E-state index contributed by atoms with van der Waals surface area (Å²) in [4.78, 5) is 11.9. The monoisotopic (exact) mass is 351 g/mol. The van der Waals surface area contributed by atoms with E-state index in [9.17, 15) is 8.42 Å². The summed E-state index contributed by atoms with van der Waals surface area (Å²) >= 11 is 3.41. The fourth-order valence-electron chi connectivity index (χ4n) is 1.98. The number of halogens is 1. The van der Waals surface area contributed by atoms with Crippen molar-refractivity contribution in [3.63, 3.8) is 0 Å². The van der Waals surface area contributed by atoms with Gasteiger partial charge in [-0.3, -0.25) is 4.98 Å². The lowest BCUT2D eigenvalue weighted by Gasteiger charge is -1.98. The molecule has 20 heavy (non-hydrogen) atoms. The molecule has 1 aromatic carbocycles. The fourth-order valence-corrected chi connectivity index (χ4v) is 3.25. The number of fused-ring (bicyclic) bond motifs is 1. The van der Waals surface area contributed by atoms with Crippen LogP contribution < -0.4 is 0 Å². The first-order valence-electron chi connectivity index (χ1n) is 5.76. The molecule has 0 aliphatic carbocycles. The van der Waals surface area contributed by atoms with Gasteiger partial charge in [-0.15, -0.1) is 0 Å². The molecule has 0 saturated carbocycles. The molecule has 3 rings (SSSR count). The molecule has 1 N–H and O–H groups in total. The Balaban J connectivity index is 2.30. The quantitative estimate of drug-likeness (QED) is 0.770. The number of aromatic nitrogens is 3. The molecule has 0 aliphatic heterocycles. The highest BCUT2D eigenvalue weighted by Gasteiger charge is 2.16. The topological polar surface area (TPSA) is 75.7 Å². The summed E-state index contributed by atoms with van der Waals surface area (Å²) in [5.74, 6) is 0.531. The maximum absolute atomic E-state index is 11.8. The summed E-state index contributed by atoms with van der Waals surface area (Å²) in [7, 11) is -3.32. The van der Waals surface area contributed by atoms with Gasteiger partial charge in [0.25, 0.3) is 0 Å². The largest absolute Gasteiger partial charge is 0.337 e. The van der Waals surface area contributed by atoms with Gasteiger partial charge in [-0.2, -0.15) is 0 Å². The lowest BCUT2D eigenvalue weighted by molar-refractivity contribution is 0.602. The van der Waals surface area contributed by atoms with Crippen LogP contribution in [0.25, 0.3) is 22.6 Å². The number of nitrogens with zero attached hydrogens (tertiary/aromatic N) is 2. The van der Waals surface area contributed by atoms with E-state index in [1.807, 2.05) is 6.07 Å². The van der Waals surface area contributed by atoms with Crippen LogP contribution in [0.15, 0.2) is 45.9 Å². The van der Waals surface area contributed by atoms with Crippen LogP contribution in [0.2, 0.25) is 0 Å². The predicted octanol–water partition coefficient (Wildman–Crippen LogP) is 2.79. The molecule has 0 amide bonds. The van der Waals surface area contributed by atoms with Crippen LogP contribution in [0.1, 0.15) is 0 Å². The van der Waals surface area contributed by atoms with E-state index in [-0.39, 0.29) is 4.90 Å². The van der Waals surface area contributed by atoms with Crippen LogP contribution in [-0.2, 0) is 9.84 Å². The number of imidazole rings is 1. The third kappa shape index (κ3) is 2.23. The Labute approximate surface area is 124 Å². The van der Waals surface area contributed by atoms with Gasteiger partial charge in [-0.1, -0.05) is 6.07 Å². The number of pyridine rings is 1. The molecule has 0 bridgehead atoms. The van der Waals surface area contributed by atoms with Gasteiger partial charge in [-0.25, -0.2) is 13.4 Å². The second-order valence-electron chi connectivity index (χ2n) is 4.34. The first-order chi connectivity index (χ1) is 9.47. The van der Waals surface area contributed by atoms with E-state index in [0.717, 1.165) is 4.47 Å². The van der Waals surface area contributed by atoms with E-state index < -0.39 is 9.84 Å². The number of hydrogen-bond donors (Lipinski definition) is 1. The van der Waals surface area contributed by atoms with Gasteiger partial charge in [0, 0.05) is 16.9 Å². The molecular weight excluding hydrogens is 342 g/mol. The van der Waals surface area contributed by atoms with Crippen molar-refractivity contribution in [2.24, 2.45) is 0 Å². The molecule has 102 valence electrons. The Hall–Kier alpha value is -1.73. The minimum Gasteiger partial charge on any atom is -0.337 e. The molecule has 0 atom stereocenters. The van der Waals surface area contributed by atoms with Crippen molar-refractivity contribution < 1.29 is 8.42 Å². The van der Waals surface area contributed by atoms with Gasteiger partial charge < -0.3 is 4.98 Å². The van der Waals surface area contributed by atoms with Gasteiger partial charge >= 0.3 is 0 Å². The number of aromatic amines is 1. The lowest BCUT2D eigenvalue weighted by Crippen LogP contribution is -1.97. The second kappa shape index (κ2) is 4.68. The molecule has 0 unspecified atom stereocenters. The molecule has 0 aliphatic rings. The van der Waals surface area contributed by atoms with Gasteiger partial charge in [0.1, 0.15) is 11.2 Å². The van der Waals surface area contributed by atoms with Crippen molar-refractivity contribution >= 4 is 36.8 Å². The first-order valence-corrected chi connectivity index (χ1v) is 8.45. The molecule has 2 heterocycles. The lowest BCUT2D eigenvalue weighted by atomic mass is 10.3. The van der Waals surface area contributed by atoms with Gasteiger partial charge in [-0.05, 0) is 40.2 Å². The molecular formula is C13H10BrN3O2S. The van der Waals surface area contributed by atoms with Gasteiger partial charge in [0.05, 0.1) is 10.4 Å². The highest BCUT2D eigenvalue weighted by molar-refractivity contribution is 9.10. The number of benzene rings is 1. The highest BCUT2D eigenvalue weighted by Crippen LogP contribution is 2.28. The third-order valence-corrected chi connectivity index (χ3v) is 4.63. The van der Waals surface area contributed by atoms with E-state index in [2.05, 4.69) is 30.9 Å². The zero-order valence-corrected chi connectivity index (χ0v) is 12.9. The van der Waals surface area contributed by atoms with Crippen molar-refractivity contribution in [2.75, 3.05) is 6.26 Å². The zero-order valence-electron chi connectivity index (χ0n) is 10.5. The summed E-state index contributed by atoms with van der Waals surface area (Å²) in [6.07, 6.45) is 2.83. The number of rotatable bonds is 2. The smallest absolute Gasteiger partial charge is 0.177 e. The van der Waals surface area contributed by atoms with Gasteiger partial charge in [0.15, 0.2) is 15.7 Å². The molecule has 0 fully saturated rings. The van der Waals surface area contributed by atoms with Crippen LogP contribution in [0, 0.1) is 0 Å². The second-order valence-corrected chi connectivity index (χ2v) is 7.18.